The maximum atomic E-state index is 12.6. The van der Waals surface area contributed by atoms with Crippen LogP contribution in [0.15, 0.2) is 48.5 Å². The van der Waals surface area contributed by atoms with Gasteiger partial charge >= 0.3 is 0 Å². The van der Waals surface area contributed by atoms with Gasteiger partial charge in [-0.1, -0.05) is 18.2 Å². The molecule has 130 valence electrons. The second-order valence-corrected chi connectivity index (χ2v) is 6.90. The maximum absolute atomic E-state index is 12.6. The van der Waals surface area contributed by atoms with Gasteiger partial charge in [0.1, 0.15) is 12.4 Å². The van der Waals surface area contributed by atoms with Crippen LogP contribution < -0.4 is 15.0 Å². The third kappa shape index (κ3) is 3.63. The number of rotatable bonds is 3. The SMILES string of the molecule is O=C(Nc1ccc(N2CCCCC2)cc1)[C@@H]1COc2ccccc2C1. The lowest BCUT2D eigenvalue weighted by Gasteiger charge is -2.29. The van der Waals surface area contributed by atoms with Gasteiger partial charge in [-0.05, 0) is 61.6 Å². The van der Waals surface area contributed by atoms with E-state index in [1.807, 2.05) is 36.4 Å². The van der Waals surface area contributed by atoms with Crippen LogP contribution in [0.25, 0.3) is 0 Å². The van der Waals surface area contributed by atoms with Crippen LogP contribution >= 0.6 is 0 Å². The van der Waals surface area contributed by atoms with Crippen LogP contribution in [0.3, 0.4) is 0 Å². The van der Waals surface area contributed by atoms with Gasteiger partial charge in [0.2, 0.25) is 5.91 Å². The zero-order valence-electron chi connectivity index (χ0n) is 14.4. The second kappa shape index (κ2) is 7.18. The first-order valence-corrected chi connectivity index (χ1v) is 9.16. The molecule has 25 heavy (non-hydrogen) atoms. The molecule has 2 aromatic carbocycles. The second-order valence-electron chi connectivity index (χ2n) is 6.90. The fourth-order valence-electron chi connectivity index (χ4n) is 3.65. The largest absolute Gasteiger partial charge is 0.492 e. The highest BCUT2D eigenvalue weighted by molar-refractivity contribution is 5.93. The minimum absolute atomic E-state index is 0.0280. The Kier molecular flexibility index (Phi) is 4.59. The summed E-state index contributed by atoms with van der Waals surface area (Å²) in [6.45, 7) is 2.70. The molecule has 0 aliphatic carbocycles. The van der Waals surface area contributed by atoms with Crippen molar-refractivity contribution in [2.45, 2.75) is 25.7 Å². The predicted molar refractivity (Wildman–Crippen MR) is 100 cm³/mol. The number of nitrogens with one attached hydrogen (secondary N) is 1. The number of fused-ring (bicyclic) bond motifs is 1. The normalized spacial score (nSPS) is 19.7. The van der Waals surface area contributed by atoms with Crippen LogP contribution in [-0.4, -0.2) is 25.6 Å². The Balaban J connectivity index is 1.38. The van der Waals surface area contributed by atoms with Crippen LogP contribution in [-0.2, 0) is 11.2 Å². The number of para-hydroxylation sites is 1. The van der Waals surface area contributed by atoms with E-state index in [4.69, 9.17) is 4.74 Å². The Bertz CT molecular complexity index is 736. The summed E-state index contributed by atoms with van der Waals surface area (Å²) >= 11 is 0. The van der Waals surface area contributed by atoms with Crippen molar-refractivity contribution in [2.75, 3.05) is 29.9 Å². The number of ether oxygens (including phenoxy) is 1. The van der Waals surface area contributed by atoms with E-state index in [2.05, 4.69) is 22.3 Å². The van der Waals surface area contributed by atoms with Crippen LogP contribution in [0.5, 0.6) is 5.75 Å². The number of amides is 1. The first kappa shape index (κ1) is 16.0. The van der Waals surface area contributed by atoms with Gasteiger partial charge in [0.05, 0.1) is 5.92 Å². The van der Waals surface area contributed by atoms with Crippen LogP contribution in [0.4, 0.5) is 11.4 Å². The molecule has 2 heterocycles. The summed E-state index contributed by atoms with van der Waals surface area (Å²) in [7, 11) is 0. The number of hydrogen-bond acceptors (Lipinski definition) is 3. The smallest absolute Gasteiger partial charge is 0.231 e. The predicted octanol–water partition coefficient (Wildman–Crippen LogP) is 3.87. The van der Waals surface area contributed by atoms with Gasteiger partial charge < -0.3 is 15.0 Å². The summed E-state index contributed by atoms with van der Waals surface area (Å²) in [6.07, 6.45) is 4.59. The van der Waals surface area contributed by atoms with Crippen molar-refractivity contribution < 1.29 is 9.53 Å². The first-order valence-electron chi connectivity index (χ1n) is 9.16. The monoisotopic (exact) mass is 336 g/mol. The Labute approximate surface area is 148 Å². The molecule has 1 atom stereocenters. The Morgan fingerprint density at radius 2 is 1.76 bits per heavy atom. The van der Waals surface area contributed by atoms with Crippen molar-refractivity contribution in [1.82, 2.24) is 0 Å². The van der Waals surface area contributed by atoms with Gasteiger partial charge in [-0.15, -0.1) is 0 Å². The van der Waals surface area contributed by atoms with E-state index in [1.54, 1.807) is 0 Å². The fourth-order valence-corrected chi connectivity index (χ4v) is 3.65. The highest BCUT2D eigenvalue weighted by Crippen LogP contribution is 2.28. The fraction of sp³-hybridized carbons (Fsp3) is 0.381. The molecule has 2 aromatic rings. The quantitative estimate of drug-likeness (QED) is 0.925. The van der Waals surface area contributed by atoms with Crippen molar-refractivity contribution in [3.63, 3.8) is 0 Å². The number of anilines is 2. The third-order valence-electron chi connectivity index (χ3n) is 5.11. The van der Waals surface area contributed by atoms with E-state index in [-0.39, 0.29) is 11.8 Å². The van der Waals surface area contributed by atoms with Crippen molar-refractivity contribution in [1.29, 1.82) is 0 Å². The van der Waals surface area contributed by atoms with E-state index in [9.17, 15) is 4.79 Å². The zero-order valence-corrected chi connectivity index (χ0v) is 14.4. The zero-order chi connectivity index (χ0) is 17.1. The molecule has 4 heteroatoms. The lowest BCUT2D eigenvalue weighted by molar-refractivity contribution is -0.121. The van der Waals surface area contributed by atoms with Gasteiger partial charge in [-0.3, -0.25) is 4.79 Å². The average Bonchev–Trinajstić information content (AvgIpc) is 2.69. The molecule has 0 spiro atoms. The molecule has 1 amide bonds. The summed E-state index contributed by atoms with van der Waals surface area (Å²) < 4.78 is 5.73. The summed E-state index contributed by atoms with van der Waals surface area (Å²) in [6, 6.07) is 16.1. The molecule has 4 rings (SSSR count). The van der Waals surface area contributed by atoms with E-state index in [1.165, 1.54) is 24.9 Å². The number of hydrogen-bond donors (Lipinski definition) is 1. The number of carbonyl (C=O) groups is 1. The molecular formula is C21H24N2O2. The summed E-state index contributed by atoms with van der Waals surface area (Å²) in [5.41, 5.74) is 3.20. The van der Waals surface area contributed by atoms with E-state index in [0.717, 1.165) is 36.5 Å². The lowest BCUT2D eigenvalue weighted by atomic mass is 9.96. The number of carbonyl (C=O) groups excluding carboxylic acids is 1. The minimum atomic E-state index is -0.142. The van der Waals surface area contributed by atoms with Gasteiger partial charge in [0.15, 0.2) is 0 Å². The molecular weight excluding hydrogens is 312 g/mol. The Hall–Kier alpha value is -2.49. The van der Waals surface area contributed by atoms with Gasteiger partial charge in [-0.2, -0.15) is 0 Å². The van der Waals surface area contributed by atoms with Crippen LogP contribution in [0, 0.1) is 5.92 Å². The molecule has 1 fully saturated rings. The summed E-state index contributed by atoms with van der Waals surface area (Å²) in [5, 5.41) is 3.04. The Morgan fingerprint density at radius 3 is 2.56 bits per heavy atom. The van der Waals surface area contributed by atoms with Crippen molar-refractivity contribution >= 4 is 17.3 Å². The van der Waals surface area contributed by atoms with Crippen molar-refractivity contribution in [2.24, 2.45) is 5.92 Å². The summed E-state index contributed by atoms with van der Waals surface area (Å²) in [5.74, 6) is 0.786. The van der Waals surface area contributed by atoms with Crippen LogP contribution in [0.1, 0.15) is 24.8 Å². The molecule has 2 aliphatic rings. The number of piperidine rings is 1. The topological polar surface area (TPSA) is 41.6 Å². The molecule has 0 saturated carbocycles. The number of nitrogens with zero attached hydrogens (tertiary/aromatic N) is 1. The van der Waals surface area contributed by atoms with Crippen molar-refractivity contribution in [3.05, 3.63) is 54.1 Å². The lowest BCUT2D eigenvalue weighted by Crippen LogP contribution is -2.32. The molecule has 0 radical (unpaired) electrons. The van der Waals surface area contributed by atoms with Gasteiger partial charge in [0.25, 0.3) is 0 Å². The highest BCUT2D eigenvalue weighted by atomic mass is 16.5. The van der Waals surface area contributed by atoms with Crippen LogP contribution in [0.2, 0.25) is 0 Å². The number of benzene rings is 2. The highest BCUT2D eigenvalue weighted by Gasteiger charge is 2.25. The van der Waals surface area contributed by atoms with Gasteiger partial charge in [-0.25, -0.2) is 0 Å². The Morgan fingerprint density at radius 1 is 1.00 bits per heavy atom. The molecule has 2 aliphatic heterocycles. The molecule has 0 aromatic heterocycles. The summed E-state index contributed by atoms with van der Waals surface area (Å²) in [4.78, 5) is 15.0. The third-order valence-corrected chi connectivity index (χ3v) is 5.11. The van der Waals surface area contributed by atoms with Gasteiger partial charge in [0, 0.05) is 24.5 Å². The minimum Gasteiger partial charge on any atom is -0.492 e. The maximum Gasteiger partial charge on any atom is 0.231 e. The molecule has 0 unspecified atom stereocenters. The van der Waals surface area contributed by atoms with E-state index >= 15 is 0 Å². The standard InChI is InChI=1S/C21H24N2O2/c24-21(17-14-16-6-2-3-7-20(16)25-15-17)22-18-8-10-19(11-9-18)23-12-4-1-5-13-23/h2-3,6-11,17H,1,4-5,12-15H2,(H,22,24)/t17-/m0/s1. The molecule has 1 N–H and O–H groups in total. The average molecular weight is 336 g/mol. The van der Waals surface area contributed by atoms with Crippen molar-refractivity contribution in [3.8, 4) is 5.75 Å². The van der Waals surface area contributed by atoms with E-state index in [0.29, 0.717) is 6.61 Å². The molecule has 4 nitrogen and oxygen atoms in total. The molecule has 0 bridgehead atoms. The van der Waals surface area contributed by atoms with E-state index < -0.39 is 0 Å². The first-order chi connectivity index (χ1) is 12.3. The molecule has 1 saturated heterocycles.